The van der Waals surface area contributed by atoms with Crippen molar-refractivity contribution in [2.24, 2.45) is 5.92 Å². The molecule has 2 rings (SSSR count). The van der Waals surface area contributed by atoms with Crippen molar-refractivity contribution in [2.75, 3.05) is 30.7 Å². The van der Waals surface area contributed by atoms with Crippen LogP contribution < -0.4 is 11.1 Å². The predicted octanol–water partition coefficient (Wildman–Crippen LogP) is 1.61. The Labute approximate surface area is 126 Å². The molecule has 5 heteroatoms. The Morgan fingerprint density at radius 3 is 3.00 bits per heavy atom. The van der Waals surface area contributed by atoms with E-state index in [1.54, 1.807) is 6.07 Å². The number of anilines is 2. The van der Waals surface area contributed by atoms with Gasteiger partial charge < -0.3 is 21.1 Å². The fraction of sp³-hybridized carbons (Fsp3) is 0.562. The van der Waals surface area contributed by atoms with Gasteiger partial charge in [-0.25, -0.2) is 0 Å². The van der Waals surface area contributed by atoms with E-state index in [0.29, 0.717) is 18.0 Å². The van der Waals surface area contributed by atoms with Crippen molar-refractivity contribution >= 4 is 17.3 Å². The number of rotatable bonds is 5. The van der Waals surface area contributed by atoms with Crippen LogP contribution in [0.25, 0.3) is 0 Å². The quantitative estimate of drug-likeness (QED) is 0.720. The van der Waals surface area contributed by atoms with Gasteiger partial charge in [0.05, 0.1) is 6.10 Å². The standard InChI is InChI=1S/C16H25N3O2/c1-11-3-4-14(17)9-15(11)18-16(21)6-8-19-7-5-13(10-19)12(2)20/h3-4,9,12-13,20H,5-8,10,17H2,1-2H3,(H,18,21). The summed E-state index contributed by atoms with van der Waals surface area (Å²) in [5, 5.41) is 12.5. The summed E-state index contributed by atoms with van der Waals surface area (Å²) in [5.74, 6) is 0.341. The largest absolute Gasteiger partial charge is 0.399 e. The second-order valence-electron chi connectivity index (χ2n) is 5.96. The first-order valence-corrected chi connectivity index (χ1v) is 7.52. The Bertz CT molecular complexity index is 502. The molecule has 0 radical (unpaired) electrons. The number of carbonyl (C=O) groups is 1. The minimum absolute atomic E-state index is 0.00389. The maximum atomic E-state index is 12.0. The highest BCUT2D eigenvalue weighted by Gasteiger charge is 2.25. The maximum Gasteiger partial charge on any atom is 0.225 e. The number of amides is 1. The highest BCUT2D eigenvalue weighted by Crippen LogP contribution is 2.20. The molecule has 0 saturated carbocycles. The lowest BCUT2D eigenvalue weighted by atomic mass is 10.0. The SMILES string of the molecule is Cc1ccc(N)cc1NC(=O)CCN1CCC(C(C)O)C1. The molecule has 5 nitrogen and oxygen atoms in total. The monoisotopic (exact) mass is 291 g/mol. The molecule has 1 aliphatic heterocycles. The second-order valence-corrected chi connectivity index (χ2v) is 5.96. The summed E-state index contributed by atoms with van der Waals surface area (Å²) < 4.78 is 0. The number of hydrogen-bond donors (Lipinski definition) is 3. The maximum absolute atomic E-state index is 12.0. The van der Waals surface area contributed by atoms with Gasteiger partial charge in [-0.2, -0.15) is 0 Å². The number of benzene rings is 1. The molecule has 1 aliphatic rings. The number of aryl methyl sites for hydroxylation is 1. The van der Waals surface area contributed by atoms with Gasteiger partial charge in [-0.3, -0.25) is 4.79 Å². The third-order valence-corrected chi connectivity index (χ3v) is 4.18. The number of nitrogens with zero attached hydrogens (tertiary/aromatic N) is 1. The Balaban J connectivity index is 1.79. The number of nitrogens with one attached hydrogen (secondary N) is 1. The number of aliphatic hydroxyl groups is 1. The highest BCUT2D eigenvalue weighted by atomic mass is 16.3. The predicted molar refractivity (Wildman–Crippen MR) is 85.1 cm³/mol. The zero-order valence-electron chi connectivity index (χ0n) is 12.8. The lowest BCUT2D eigenvalue weighted by Crippen LogP contribution is -2.28. The van der Waals surface area contributed by atoms with Crippen LogP contribution in [0.3, 0.4) is 0 Å². The molecular formula is C16H25N3O2. The van der Waals surface area contributed by atoms with Crippen LogP contribution in [0.1, 0.15) is 25.3 Å². The Kier molecular flexibility index (Phi) is 5.20. The molecule has 116 valence electrons. The minimum atomic E-state index is -0.265. The lowest BCUT2D eigenvalue weighted by molar-refractivity contribution is -0.116. The molecule has 1 aromatic carbocycles. The number of aliphatic hydroxyl groups excluding tert-OH is 1. The van der Waals surface area contributed by atoms with Crippen LogP contribution in [0.2, 0.25) is 0 Å². The zero-order chi connectivity index (χ0) is 15.4. The number of hydrogen-bond acceptors (Lipinski definition) is 4. The van der Waals surface area contributed by atoms with Crippen LogP contribution in [0.5, 0.6) is 0 Å². The van der Waals surface area contributed by atoms with E-state index in [1.165, 1.54) is 0 Å². The van der Waals surface area contributed by atoms with Gasteiger partial charge in [0.25, 0.3) is 0 Å². The van der Waals surface area contributed by atoms with Crippen molar-refractivity contribution in [3.05, 3.63) is 23.8 Å². The van der Waals surface area contributed by atoms with E-state index < -0.39 is 0 Å². The molecule has 2 atom stereocenters. The van der Waals surface area contributed by atoms with Crippen LogP contribution in [-0.2, 0) is 4.79 Å². The molecule has 0 bridgehead atoms. The Hall–Kier alpha value is -1.59. The number of nitrogen functional groups attached to an aromatic ring is 1. The van der Waals surface area contributed by atoms with Crippen LogP contribution in [0, 0.1) is 12.8 Å². The van der Waals surface area contributed by atoms with Gasteiger partial charge in [0.15, 0.2) is 0 Å². The molecule has 1 heterocycles. The Morgan fingerprint density at radius 1 is 1.57 bits per heavy atom. The van der Waals surface area contributed by atoms with E-state index in [-0.39, 0.29) is 12.0 Å². The van der Waals surface area contributed by atoms with Crippen molar-refractivity contribution in [3.63, 3.8) is 0 Å². The van der Waals surface area contributed by atoms with Crippen molar-refractivity contribution in [3.8, 4) is 0 Å². The normalized spacial score (nSPS) is 20.4. The molecule has 0 aliphatic carbocycles. The van der Waals surface area contributed by atoms with Crippen molar-refractivity contribution in [2.45, 2.75) is 32.8 Å². The first-order valence-electron chi connectivity index (χ1n) is 7.52. The molecule has 1 fully saturated rings. The van der Waals surface area contributed by atoms with E-state index in [0.717, 1.165) is 37.3 Å². The van der Waals surface area contributed by atoms with Crippen molar-refractivity contribution < 1.29 is 9.90 Å². The van der Waals surface area contributed by atoms with Crippen LogP contribution in [-0.4, -0.2) is 41.7 Å². The molecule has 1 amide bonds. The third-order valence-electron chi connectivity index (χ3n) is 4.18. The van der Waals surface area contributed by atoms with Gasteiger partial charge in [0, 0.05) is 30.9 Å². The Morgan fingerprint density at radius 2 is 2.33 bits per heavy atom. The fourth-order valence-corrected chi connectivity index (χ4v) is 2.71. The summed E-state index contributed by atoms with van der Waals surface area (Å²) in [4.78, 5) is 14.3. The van der Waals surface area contributed by atoms with E-state index in [4.69, 9.17) is 5.73 Å². The molecular weight excluding hydrogens is 266 g/mol. The van der Waals surface area contributed by atoms with Gasteiger partial charge in [0.1, 0.15) is 0 Å². The first kappa shape index (κ1) is 15.8. The van der Waals surface area contributed by atoms with Crippen LogP contribution >= 0.6 is 0 Å². The van der Waals surface area contributed by atoms with E-state index in [1.807, 2.05) is 26.0 Å². The van der Waals surface area contributed by atoms with Crippen LogP contribution in [0.4, 0.5) is 11.4 Å². The minimum Gasteiger partial charge on any atom is -0.399 e. The zero-order valence-corrected chi connectivity index (χ0v) is 12.8. The van der Waals surface area contributed by atoms with E-state index in [2.05, 4.69) is 10.2 Å². The number of nitrogens with two attached hydrogens (primary N) is 1. The van der Waals surface area contributed by atoms with Gasteiger partial charge >= 0.3 is 0 Å². The van der Waals surface area contributed by atoms with Gasteiger partial charge in [-0.05, 0) is 50.4 Å². The molecule has 0 spiro atoms. The summed E-state index contributed by atoms with van der Waals surface area (Å²) in [6, 6.07) is 5.51. The summed E-state index contributed by atoms with van der Waals surface area (Å²) in [6.07, 6.45) is 1.20. The lowest BCUT2D eigenvalue weighted by Gasteiger charge is -2.17. The fourth-order valence-electron chi connectivity index (χ4n) is 2.71. The smallest absolute Gasteiger partial charge is 0.225 e. The summed E-state index contributed by atoms with van der Waals surface area (Å²) in [6.45, 7) is 6.35. The molecule has 21 heavy (non-hydrogen) atoms. The van der Waals surface area contributed by atoms with Gasteiger partial charge in [0.2, 0.25) is 5.91 Å². The summed E-state index contributed by atoms with van der Waals surface area (Å²) in [5.41, 5.74) is 8.17. The first-order chi connectivity index (χ1) is 9.95. The summed E-state index contributed by atoms with van der Waals surface area (Å²) >= 11 is 0. The van der Waals surface area contributed by atoms with Gasteiger partial charge in [-0.15, -0.1) is 0 Å². The second kappa shape index (κ2) is 6.91. The molecule has 1 aromatic rings. The average Bonchev–Trinajstić information content (AvgIpc) is 2.90. The molecule has 1 saturated heterocycles. The number of carbonyl (C=O) groups excluding carboxylic acids is 1. The van der Waals surface area contributed by atoms with E-state index >= 15 is 0 Å². The van der Waals surface area contributed by atoms with Gasteiger partial charge in [-0.1, -0.05) is 6.07 Å². The highest BCUT2D eigenvalue weighted by molar-refractivity contribution is 5.92. The topological polar surface area (TPSA) is 78.6 Å². The molecule has 4 N–H and O–H groups in total. The molecule has 2 unspecified atom stereocenters. The van der Waals surface area contributed by atoms with Crippen molar-refractivity contribution in [1.82, 2.24) is 4.90 Å². The number of likely N-dealkylation sites (tertiary alicyclic amines) is 1. The van der Waals surface area contributed by atoms with Crippen molar-refractivity contribution in [1.29, 1.82) is 0 Å². The summed E-state index contributed by atoms with van der Waals surface area (Å²) in [7, 11) is 0. The molecule has 0 aromatic heterocycles. The third kappa shape index (κ3) is 4.44. The average molecular weight is 291 g/mol. The van der Waals surface area contributed by atoms with Crippen LogP contribution in [0.15, 0.2) is 18.2 Å². The van der Waals surface area contributed by atoms with E-state index in [9.17, 15) is 9.90 Å².